The van der Waals surface area contributed by atoms with Gasteiger partial charge in [0.05, 0.1) is 27.6 Å². The molecule has 0 fully saturated rings. The van der Waals surface area contributed by atoms with Gasteiger partial charge in [-0.25, -0.2) is 0 Å². The summed E-state index contributed by atoms with van der Waals surface area (Å²) in [5.41, 5.74) is 12.8. The van der Waals surface area contributed by atoms with E-state index in [4.69, 9.17) is 4.42 Å². The SMILES string of the molecule is CC(C)c1ccc2c(c1)C1(c3ccccc3S2)c2ccccc2N(c2ccc(-c3ccc4c(=O)c5ccccc5oc4c3)cc2)c2ccccc21. The highest BCUT2D eigenvalue weighted by Crippen LogP contribution is 2.63. The molecule has 1 aromatic heterocycles. The van der Waals surface area contributed by atoms with Crippen LogP contribution in [0.3, 0.4) is 0 Å². The highest BCUT2D eigenvalue weighted by Gasteiger charge is 2.50. The van der Waals surface area contributed by atoms with Crippen LogP contribution in [-0.2, 0) is 5.41 Å². The summed E-state index contributed by atoms with van der Waals surface area (Å²) < 4.78 is 6.20. The fraction of sp³-hybridized carbons (Fsp3) is 0.0851. The number of hydrogen-bond acceptors (Lipinski definition) is 4. The molecule has 2 aliphatic heterocycles. The molecule has 2 aliphatic rings. The van der Waals surface area contributed by atoms with Crippen LogP contribution in [0.5, 0.6) is 0 Å². The lowest BCUT2D eigenvalue weighted by Crippen LogP contribution is -2.39. The fourth-order valence-corrected chi connectivity index (χ4v) is 9.48. The van der Waals surface area contributed by atoms with E-state index in [1.165, 1.54) is 49.0 Å². The molecule has 10 rings (SSSR count). The second-order valence-corrected chi connectivity index (χ2v) is 14.9. The van der Waals surface area contributed by atoms with E-state index in [1.54, 1.807) is 0 Å². The third-order valence-corrected chi connectivity index (χ3v) is 11.9. The normalized spacial score (nSPS) is 14.0. The predicted molar refractivity (Wildman–Crippen MR) is 210 cm³/mol. The number of fused-ring (bicyclic) bond motifs is 10. The van der Waals surface area contributed by atoms with Gasteiger partial charge in [-0.1, -0.05) is 123 Å². The average Bonchev–Trinajstić information content (AvgIpc) is 3.18. The summed E-state index contributed by atoms with van der Waals surface area (Å²) in [5, 5.41) is 1.19. The van der Waals surface area contributed by atoms with Crippen molar-refractivity contribution >= 4 is 50.8 Å². The van der Waals surface area contributed by atoms with Gasteiger partial charge in [-0.2, -0.15) is 0 Å². The van der Waals surface area contributed by atoms with E-state index in [9.17, 15) is 4.79 Å². The summed E-state index contributed by atoms with van der Waals surface area (Å²) in [4.78, 5) is 18.2. The zero-order valence-electron chi connectivity index (χ0n) is 28.3. The van der Waals surface area contributed by atoms with Gasteiger partial charge in [0.25, 0.3) is 0 Å². The van der Waals surface area contributed by atoms with Crippen molar-refractivity contribution in [2.45, 2.75) is 35.0 Å². The Bertz CT molecular complexity index is 2700. The lowest BCUT2D eigenvalue weighted by molar-refractivity contribution is 0.660. The van der Waals surface area contributed by atoms with Crippen LogP contribution in [0.1, 0.15) is 47.6 Å². The average molecular weight is 676 g/mol. The van der Waals surface area contributed by atoms with Crippen LogP contribution in [0.2, 0.25) is 0 Å². The number of nitrogens with zero attached hydrogens (tertiary/aromatic N) is 1. The van der Waals surface area contributed by atoms with Gasteiger partial charge >= 0.3 is 0 Å². The summed E-state index contributed by atoms with van der Waals surface area (Å²) in [6, 6.07) is 56.0. The van der Waals surface area contributed by atoms with Gasteiger partial charge in [-0.3, -0.25) is 4.79 Å². The Labute approximate surface area is 300 Å². The molecule has 4 heteroatoms. The Hall–Kier alpha value is -5.84. The van der Waals surface area contributed by atoms with E-state index < -0.39 is 5.41 Å². The minimum absolute atomic E-state index is 0.00353. The minimum Gasteiger partial charge on any atom is -0.456 e. The number of anilines is 3. The first-order valence-corrected chi connectivity index (χ1v) is 18.3. The zero-order chi connectivity index (χ0) is 34.3. The maximum Gasteiger partial charge on any atom is 0.200 e. The first kappa shape index (κ1) is 30.0. The maximum absolute atomic E-state index is 13.2. The summed E-state index contributed by atoms with van der Waals surface area (Å²) >= 11 is 1.88. The maximum atomic E-state index is 13.2. The highest BCUT2D eigenvalue weighted by atomic mass is 32.2. The third-order valence-electron chi connectivity index (χ3n) is 10.7. The standard InChI is InChI=1S/C47H33NO2S/c1-29(2)31-22-26-45-39(27-31)47(38-14-6-10-18-44(38)51-45)36-12-4-7-15-40(36)48(41-16-8-5-13-37(41)47)33-23-19-30(20-24-33)32-21-25-35-43(28-32)50-42-17-9-3-11-34(42)46(35)49/h3-29H,1-2H3. The number of hydrogen-bond donors (Lipinski definition) is 0. The van der Waals surface area contributed by atoms with E-state index in [1.807, 2.05) is 54.2 Å². The molecule has 0 saturated carbocycles. The molecule has 3 heterocycles. The zero-order valence-corrected chi connectivity index (χ0v) is 29.1. The van der Waals surface area contributed by atoms with Crippen LogP contribution < -0.4 is 10.3 Å². The van der Waals surface area contributed by atoms with Crippen molar-refractivity contribution in [2.75, 3.05) is 4.90 Å². The van der Waals surface area contributed by atoms with Crippen molar-refractivity contribution in [2.24, 2.45) is 0 Å². The second-order valence-electron chi connectivity index (χ2n) is 13.8. The molecule has 0 atom stereocenters. The van der Waals surface area contributed by atoms with Crippen molar-refractivity contribution in [1.82, 2.24) is 0 Å². The van der Waals surface area contributed by atoms with Crippen molar-refractivity contribution in [1.29, 1.82) is 0 Å². The summed E-state index contributed by atoms with van der Waals surface area (Å²) in [5.74, 6) is 0.414. The van der Waals surface area contributed by atoms with Gasteiger partial charge in [0.1, 0.15) is 11.2 Å². The van der Waals surface area contributed by atoms with Crippen molar-refractivity contribution in [3.63, 3.8) is 0 Å². The molecule has 3 nitrogen and oxygen atoms in total. The highest BCUT2D eigenvalue weighted by molar-refractivity contribution is 7.99. The van der Waals surface area contributed by atoms with Crippen LogP contribution in [0, 0.1) is 0 Å². The third kappa shape index (κ3) is 4.36. The largest absolute Gasteiger partial charge is 0.456 e. The summed E-state index contributed by atoms with van der Waals surface area (Å²) in [6.45, 7) is 4.56. The molecule has 0 aliphatic carbocycles. The first-order chi connectivity index (χ1) is 25.0. The molecule has 0 unspecified atom stereocenters. The molecule has 8 aromatic rings. The Morgan fingerprint density at radius 1 is 0.549 bits per heavy atom. The number of benzene rings is 7. The van der Waals surface area contributed by atoms with Crippen LogP contribution in [0.25, 0.3) is 33.1 Å². The molecule has 1 spiro atoms. The summed E-state index contributed by atoms with van der Waals surface area (Å²) in [7, 11) is 0. The molecule has 0 N–H and O–H groups in total. The molecule has 0 saturated heterocycles. The smallest absolute Gasteiger partial charge is 0.200 e. The quantitative estimate of drug-likeness (QED) is 0.175. The number of para-hydroxylation sites is 3. The molecule has 244 valence electrons. The number of rotatable bonds is 3. The van der Waals surface area contributed by atoms with Gasteiger partial charge in [-0.15, -0.1) is 0 Å². The van der Waals surface area contributed by atoms with Gasteiger partial charge in [0.15, 0.2) is 0 Å². The topological polar surface area (TPSA) is 33.5 Å². The van der Waals surface area contributed by atoms with E-state index in [0.717, 1.165) is 16.8 Å². The summed E-state index contributed by atoms with van der Waals surface area (Å²) in [6.07, 6.45) is 0. The van der Waals surface area contributed by atoms with Crippen molar-refractivity contribution in [3.05, 3.63) is 196 Å². The van der Waals surface area contributed by atoms with E-state index in [0.29, 0.717) is 27.9 Å². The van der Waals surface area contributed by atoms with E-state index in [2.05, 4.69) is 134 Å². The predicted octanol–water partition coefficient (Wildman–Crippen LogP) is 12.4. The Morgan fingerprint density at radius 2 is 1.16 bits per heavy atom. The molecule has 51 heavy (non-hydrogen) atoms. The molecule has 0 radical (unpaired) electrons. The van der Waals surface area contributed by atoms with Gasteiger partial charge < -0.3 is 9.32 Å². The Morgan fingerprint density at radius 3 is 1.90 bits per heavy atom. The second kappa shape index (κ2) is 11.3. The minimum atomic E-state index is -0.481. The molecular weight excluding hydrogens is 643 g/mol. The van der Waals surface area contributed by atoms with Gasteiger partial charge in [0, 0.05) is 15.5 Å². The molecule has 0 bridgehead atoms. The van der Waals surface area contributed by atoms with Crippen LogP contribution in [0.15, 0.2) is 177 Å². The molecule has 0 amide bonds. The van der Waals surface area contributed by atoms with Crippen molar-refractivity contribution in [3.8, 4) is 11.1 Å². The first-order valence-electron chi connectivity index (χ1n) is 17.5. The lowest BCUT2D eigenvalue weighted by atomic mass is 9.62. The fourth-order valence-electron chi connectivity index (χ4n) is 8.31. The Kier molecular flexibility index (Phi) is 6.68. The monoisotopic (exact) mass is 675 g/mol. The Balaban J connectivity index is 1.15. The van der Waals surface area contributed by atoms with Crippen LogP contribution >= 0.6 is 11.8 Å². The van der Waals surface area contributed by atoms with E-state index in [-0.39, 0.29) is 5.43 Å². The lowest BCUT2D eigenvalue weighted by Gasteiger charge is -2.49. The molecular formula is C47H33NO2S. The van der Waals surface area contributed by atoms with Gasteiger partial charge in [-0.05, 0) is 106 Å². The van der Waals surface area contributed by atoms with E-state index >= 15 is 0 Å². The van der Waals surface area contributed by atoms with Crippen molar-refractivity contribution < 1.29 is 4.42 Å². The molecule has 7 aromatic carbocycles. The van der Waals surface area contributed by atoms with Crippen LogP contribution in [-0.4, -0.2) is 0 Å². The van der Waals surface area contributed by atoms with Crippen LogP contribution in [0.4, 0.5) is 17.1 Å². The van der Waals surface area contributed by atoms with Gasteiger partial charge in [0.2, 0.25) is 5.43 Å².